The minimum atomic E-state index is -3.38. The maximum Gasteiger partial charge on any atom is 0.256 e. The lowest BCUT2D eigenvalue weighted by atomic mass is 10.2. The Morgan fingerprint density at radius 3 is 2.77 bits per heavy atom. The molecule has 6 nitrogen and oxygen atoms in total. The number of sulfonamides is 1. The van der Waals surface area contributed by atoms with E-state index in [9.17, 15) is 17.6 Å². The van der Waals surface area contributed by atoms with E-state index in [4.69, 9.17) is 4.74 Å². The predicted octanol–water partition coefficient (Wildman–Crippen LogP) is 0.310. The van der Waals surface area contributed by atoms with Crippen LogP contribution in [0.3, 0.4) is 0 Å². The Labute approximate surface area is 128 Å². The zero-order valence-corrected chi connectivity index (χ0v) is 12.9. The third-order valence-corrected chi connectivity index (χ3v) is 6.04. The van der Waals surface area contributed by atoms with Crippen LogP contribution in [0.15, 0.2) is 24.3 Å². The smallest absolute Gasteiger partial charge is 0.256 e. The van der Waals surface area contributed by atoms with Crippen molar-refractivity contribution in [3.63, 3.8) is 0 Å². The van der Waals surface area contributed by atoms with Crippen molar-refractivity contribution >= 4 is 15.9 Å². The Morgan fingerprint density at radius 1 is 1.32 bits per heavy atom. The molecule has 2 saturated heterocycles. The van der Waals surface area contributed by atoms with Gasteiger partial charge in [0.2, 0.25) is 10.0 Å². The van der Waals surface area contributed by atoms with Crippen LogP contribution < -0.4 is 0 Å². The molecule has 2 aliphatic heterocycles. The molecule has 0 unspecified atom stereocenters. The molecule has 1 aromatic rings. The molecule has 1 aromatic carbocycles. The van der Waals surface area contributed by atoms with Gasteiger partial charge in [-0.25, -0.2) is 12.8 Å². The first-order valence-corrected chi connectivity index (χ1v) is 8.62. The van der Waals surface area contributed by atoms with Crippen LogP contribution in [0, 0.1) is 5.82 Å². The van der Waals surface area contributed by atoms with E-state index in [1.165, 1.54) is 34.5 Å². The van der Waals surface area contributed by atoms with Crippen LogP contribution in [-0.2, 0) is 14.8 Å². The number of hydrogen-bond acceptors (Lipinski definition) is 4. The molecular weight excluding hydrogens is 311 g/mol. The van der Waals surface area contributed by atoms with Crippen LogP contribution in [0.5, 0.6) is 0 Å². The Kier molecular flexibility index (Phi) is 3.92. The molecule has 0 saturated carbocycles. The zero-order valence-electron chi connectivity index (χ0n) is 12.1. The fourth-order valence-corrected chi connectivity index (χ4v) is 4.11. The lowest BCUT2D eigenvalue weighted by molar-refractivity contribution is 0.0479. The molecule has 3 rings (SSSR count). The second-order valence-corrected chi connectivity index (χ2v) is 7.65. The van der Waals surface area contributed by atoms with Crippen LogP contribution in [0.1, 0.15) is 10.4 Å². The van der Waals surface area contributed by atoms with E-state index in [1.807, 2.05) is 0 Å². The number of likely N-dealkylation sites (tertiary alicyclic amines) is 1. The van der Waals surface area contributed by atoms with Crippen molar-refractivity contribution in [3.05, 3.63) is 35.6 Å². The maximum absolute atomic E-state index is 13.7. The second kappa shape index (κ2) is 5.60. The maximum atomic E-state index is 13.7. The summed E-state index contributed by atoms with van der Waals surface area (Å²) in [7, 11) is -1.88. The predicted molar refractivity (Wildman–Crippen MR) is 77.4 cm³/mol. The van der Waals surface area contributed by atoms with Crippen molar-refractivity contribution in [3.8, 4) is 0 Å². The quantitative estimate of drug-likeness (QED) is 0.744. The molecule has 8 heteroatoms. The van der Waals surface area contributed by atoms with Crippen molar-refractivity contribution in [2.45, 2.75) is 12.1 Å². The minimum absolute atomic E-state index is 0.00975. The fraction of sp³-hybridized carbons (Fsp3) is 0.500. The molecule has 0 aliphatic carbocycles. The summed E-state index contributed by atoms with van der Waals surface area (Å²) in [6.45, 7) is 0.570. The van der Waals surface area contributed by atoms with Gasteiger partial charge in [0.15, 0.2) is 0 Å². The number of carbonyl (C=O) groups excluding carboxylic acids is 1. The molecule has 2 aliphatic rings. The van der Waals surface area contributed by atoms with Gasteiger partial charge in [-0.3, -0.25) is 4.79 Å². The molecule has 2 atom stereocenters. The number of nitrogens with zero attached hydrogens (tertiary/aromatic N) is 2. The Bertz CT molecular complexity index is 694. The van der Waals surface area contributed by atoms with E-state index >= 15 is 0 Å². The zero-order chi connectivity index (χ0) is 15.9. The molecule has 0 aromatic heterocycles. The van der Waals surface area contributed by atoms with Crippen molar-refractivity contribution < 1.29 is 22.3 Å². The lowest BCUT2D eigenvalue weighted by Crippen LogP contribution is -2.43. The Morgan fingerprint density at radius 2 is 2.05 bits per heavy atom. The second-order valence-electron chi connectivity index (χ2n) is 5.50. The molecule has 22 heavy (non-hydrogen) atoms. The average Bonchev–Trinajstić information content (AvgIpc) is 2.86. The molecule has 2 heterocycles. The summed E-state index contributed by atoms with van der Waals surface area (Å²) in [6.07, 6.45) is -0.377. The number of hydrogen-bond donors (Lipinski definition) is 0. The third kappa shape index (κ3) is 2.62. The highest BCUT2D eigenvalue weighted by Gasteiger charge is 2.44. The van der Waals surface area contributed by atoms with Gasteiger partial charge in [-0.05, 0) is 12.1 Å². The van der Waals surface area contributed by atoms with Crippen LogP contribution in [-0.4, -0.2) is 68.2 Å². The summed E-state index contributed by atoms with van der Waals surface area (Å²) in [5.74, 6) is -1.08. The molecular formula is C14H17FN2O4S. The van der Waals surface area contributed by atoms with Crippen LogP contribution in [0.4, 0.5) is 4.39 Å². The van der Waals surface area contributed by atoms with Gasteiger partial charge in [-0.15, -0.1) is 0 Å². The Hall–Kier alpha value is -1.51. The first kappa shape index (κ1) is 15.4. The molecule has 120 valence electrons. The summed E-state index contributed by atoms with van der Waals surface area (Å²) in [5.41, 5.74) is -0.00975. The fourth-order valence-electron chi connectivity index (χ4n) is 2.90. The number of amides is 1. The number of ether oxygens (including phenoxy) is 1. The number of carbonyl (C=O) groups is 1. The van der Waals surface area contributed by atoms with Crippen molar-refractivity contribution in [2.24, 2.45) is 0 Å². The molecule has 0 bridgehead atoms. The van der Waals surface area contributed by atoms with E-state index in [0.29, 0.717) is 0 Å². The van der Waals surface area contributed by atoms with Crippen molar-refractivity contribution in [2.75, 3.05) is 32.5 Å². The highest BCUT2D eigenvalue weighted by molar-refractivity contribution is 7.89. The van der Waals surface area contributed by atoms with Gasteiger partial charge in [0.05, 0.1) is 30.1 Å². The van der Waals surface area contributed by atoms with E-state index in [0.717, 1.165) is 0 Å². The minimum Gasteiger partial charge on any atom is -0.374 e. The van der Waals surface area contributed by atoms with Crippen molar-refractivity contribution in [1.82, 2.24) is 9.21 Å². The van der Waals surface area contributed by atoms with Crippen LogP contribution in [0.2, 0.25) is 0 Å². The van der Waals surface area contributed by atoms with Gasteiger partial charge in [0.1, 0.15) is 5.82 Å². The van der Waals surface area contributed by atoms with Gasteiger partial charge in [0.25, 0.3) is 5.91 Å². The molecule has 0 spiro atoms. The normalized spacial score (nSPS) is 28.2. The molecule has 0 N–H and O–H groups in total. The Balaban J connectivity index is 1.83. The van der Waals surface area contributed by atoms with Crippen molar-refractivity contribution in [1.29, 1.82) is 0 Å². The highest BCUT2D eigenvalue weighted by atomic mass is 32.2. The van der Waals surface area contributed by atoms with E-state index in [2.05, 4.69) is 0 Å². The summed E-state index contributed by atoms with van der Waals surface area (Å²) < 4.78 is 44.6. The van der Waals surface area contributed by atoms with Gasteiger partial charge < -0.3 is 9.64 Å². The van der Waals surface area contributed by atoms with E-state index in [1.54, 1.807) is 6.07 Å². The monoisotopic (exact) mass is 328 g/mol. The summed E-state index contributed by atoms with van der Waals surface area (Å²) in [4.78, 5) is 13.9. The summed E-state index contributed by atoms with van der Waals surface area (Å²) >= 11 is 0. The number of fused-ring (bicyclic) bond motifs is 1. The topological polar surface area (TPSA) is 66.9 Å². The number of likely N-dealkylation sites (N-methyl/N-ethyl adjacent to an activating group) is 1. The molecule has 2 fully saturated rings. The van der Waals surface area contributed by atoms with E-state index < -0.39 is 27.8 Å². The number of benzene rings is 1. The van der Waals surface area contributed by atoms with E-state index in [-0.39, 0.29) is 37.1 Å². The lowest BCUT2D eigenvalue weighted by Gasteiger charge is -2.23. The summed E-state index contributed by atoms with van der Waals surface area (Å²) in [6, 6.07) is 5.34. The first-order chi connectivity index (χ1) is 10.4. The average molecular weight is 328 g/mol. The third-order valence-electron chi connectivity index (χ3n) is 4.21. The summed E-state index contributed by atoms with van der Waals surface area (Å²) in [5, 5.41) is 0. The van der Waals surface area contributed by atoms with Gasteiger partial charge in [-0.2, -0.15) is 4.31 Å². The van der Waals surface area contributed by atoms with Gasteiger partial charge in [-0.1, -0.05) is 12.1 Å². The molecule has 0 radical (unpaired) electrons. The number of halogens is 1. The van der Waals surface area contributed by atoms with Gasteiger partial charge in [0, 0.05) is 20.1 Å². The van der Waals surface area contributed by atoms with Gasteiger partial charge >= 0.3 is 0 Å². The first-order valence-electron chi connectivity index (χ1n) is 7.01. The largest absolute Gasteiger partial charge is 0.374 e. The SMILES string of the molecule is CN1[C@@H]2CN(C(=O)c3ccccc3F)C[C@@H]2OCCS1(=O)=O. The number of rotatable bonds is 1. The van der Waals surface area contributed by atoms with Crippen LogP contribution >= 0.6 is 0 Å². The van der Waals surface area contributed by atoms with Crippen LogP contribution in [0.25, 0.3) is 0 Å². The standard InChI is InChI=1S/C14H17FN2O4S/c1-16-12-8-17(9-13(12)21-6-7-22(16,19)20)14(18)10-4-2-3-5-11(10)15/h2-5,12-13H,6-9H2,1H3/t12-,13+/m1/s1. The highest BCUT2D eigenvalue weighted by Crippen LogP contribution is 2.25. The molecule has 1 amide bonds.